The molecule has 1 heterocycles. The molecule has 0 aromatic rings. The van der Waals surface area contributed by atoms with Gasteiger partial charge in [-0.05, 0) is 45.2 Å². The molecule has 5 unspecified atom stereocenters. The van der Waals surface area contributed by atoms with E-state index in [0.29, 0.717) is 0 Å². The molecule has 1 saturated heterocycles. The van der Waals surface area contributed by atoms with Crippen molar-refractivity contribution in [1.29, 1.82) is 0 Å². The number of hydrogen-bond acceptors (Lipinski definition) is 3. The number of carboxylic acid groups (broad SMARTS) is 1. The molecule has 1 saturated carbocycles. The third-order valence-corrected chi connectivity index (χ3v) is 5.27. The third-order valence-electron chi connectivity index (χ3n) is 5.27. The van der Waals surface area contributed by atoms with Crippen molar-refractivity contribution in [2.75, 3.05) is 27.2 Å². The number of hydrogen-bond donors (Lipinski definition) is 1. The monoisotopic (exact) mass is 292 g/mol. The first-order valence-electron chi connectivity index (χ1n) is 7.85. The number of amides is 1. The van der Waals surface area contributed by atoms with Crippen molar-refractivity contribution in [2.24, 2.45) is 23.7 Å². The number of allylic oxidation sites excluding steroid dienone is 2. The van der Waals surface area contributed by atoms with Gasteiger partial charge in [-0.3, -0.25) is 9.59 Å². The van der Waals surface area contributed by atoms with Crippen LogP contribution in [0.5, 0.6) is 0 Å². The maximum absolute atomic E-state index is 13.0. The van der Waals surface area contributed by atoms with E-state index in [0.717, 1.165) is 32.4 Å². The standard InChI is InChI=1S/C16H24N2O3/c1-17(2)9-12-4-3-7-18(12)15(19)13-10-5-6-11(8-10)14(13)16(20)21/h5-6,10-14H,3-4,7-9H2,1-2H3,(H,20,21). The number of aliphatic carboxylic acids is 1. The van der Waals surface area contributed by atoms with E-state index in [1.54, 1.807) is 0 Å². The fourth-order valence-corrected chi connectivity index (χ4v) is 4.42. The molecule has 3 aliphatic rings. The van der Waals surface area contributed by atoms with Crippen molar-refractivity contribution in [1.82, 2.24) is 9.80 Å². The molecule has 1 N–H and O–H groups in total. The van der Waals surface area contributed by atoms with Crippen molar-refractivity contribution in [3.8, 4) is 0 Å². The first kappa shape index (κ1) is 14.6. The normalized spacial score (nSPS) is 37.7. The molecule has 1 amide bonds. The smallest absolute Gasteiger partial charge is 0.307 e. The third kappa shape index (κ3) is 2.48. The predicted octanol–water partition coefficient (Wildman–Crippen LogP) is 1.06. The number of rotatable bonds is 4. The molecule has 2 aliphatic carbocycles. The van der Waals surface area contributed by atoms with Gasteiger partial charge in [0.15, 0.2) is 0 Å². The highest BCUT2D eigenvalue weighted by Gasteiger charge is 2.53. The Labute approximate surface area is 125 Å². The maximum Gasteiger partial charge on any atom is 0.307 e. The number of carboxylic acids is 1. The average molecular weight is 292 g/mol. The molecule has 5 nitrogen and oxygen atoms in total. The van der Waals surface area contributed by atoms with Crippen LogP contribution in [-0.2, 0) is 9.59 Å². The number of fused-ring (bicyclic) bond motifs is 2. The van der Waals surface area contributed by atoms with Crippen LogP contribution in [0.4, 0.5) is 0 Å². The quantitative estimate of drug-likeness (QED) is 0.787. The minimum Gasteiger partial charge on any atom is -0.481 e. The Morgan fingerprint density at radius 3 is 2.52 bits per heavy atom. The van der Waals surface area contributed by atoms with Gasteiger partial charge in [0, 0.05) is 19.1 Å². The van der Waals surface area contributed by atoms with Crippen molar-refractivity contribution in [3.05, 3.63) is 12.2 Å². The first-order chi connectivity index (χ1) is 9.99. The Morgan fingerprint density at radius 2 is 1.90 bits per heavy atom. The summed E-state index contributed by atoms with van der Waals surface area (Å²) in [6.45, 7) is 1.64. The molecule has 0 spiro atoms. The van der Waals surface area contributed by atoms with Gasteiger partial charge in [0.1, 0.15) is 0 Å². The summed E-state index contributed by atoms with van der Waals surface area (Å²) in [4.78, 5) is 28.6. The van der Waals surface area contributed by atoms with Gasteiger partial charge in [-0.1, -0.05) is 12.2 Å². The first-order valence-corrected chi connectivity index (χ1v) is 7.85. The Morgan fingerprint density at radius 1 is 1.24 bits per heavy atom. The van der Waals surface area contributed by atoms with Crippen molar-refractivity contribution < 1.29 is 14.7 Å². The van der Waals surface area contributed by atoms with Crippen LogP contribution < -0.4 is 0 Å². The summed E-state index contributed by atoms with van der Waals surface area (Å²) in [6, 6.07) is 0.241. The fraction of sp³-hybridized carbons (Fsp3) is 0.750. The van der Waals surface area contributed by atoms with Gasteiger partial charge in [-0.2, -0.15) is 0 Å². The van der Waals surface area contributed by atoms with Crippen LogP contribution in [0, 0.1) is 23.7 Å². The molecule has 0 aromatic carbocycles. The highest BCUT2D eigenvalue weighted by Crippen LogP contribution is 2.49. The Kier molecular flexibility index (Phi) is 3.78. The molecule has 2 fully saturated rings. The summed E-state index contributed by atoms with van der Waals surface area (Å²) in [7, 11) is 4.03. The van der Waals surface area contributed by atoms with Gasteiger partial charge >= 0.3 is 5.97 Å². The maximum atomic E-state index is 13.0. The molecular formula is C16H24N2O3. The lowest BCUT2D eigenvalue weighted by molar-refractivity contribution is -0.151. The number of likely N-dealkylation sites (tertiary alicyclic amines) is 1. The molecular weight excluding hydrogens is 268 g/mol. The van der Waals surface area contributed by atoms with Gasteiger partial charge in [-0.15, -0.1) is 0 Å². The molecule has 5 heteroatoms. The van der Waals surface area contributed by atoms with E-state index in [1.165, 1.54) is 0 Å². The predicted molar refractivity (Wildman–Crippen MR) is 78.6 cm³/mol. The second-order valence-electron chi connectivity index (χ2n) is 6.93. The number of carbonyl (C=O) groups excluding carboxylic acids is 1. The minimum absolute atomic E-state index is 0.0522. The molecule has 0 radical (unpaired) electrons. The van der Waals surface area contributed by atoms with Gasteiger partial charge in [0.2, 0.25) is 5.91 Å². The van der Waals surface area contributed by atoms with Crippen LogP contribution in [0.3, 0.4) is 0 Å². The second kappa shape index (κ2) is 5.44. The zero-order chi connectivity index (χ0) is 15.1. The SMILES string of the molecule is CN(C)CC1CCCN1C(=O)C1C2C=CC(C2)C1C(=O)O. The van der Waals surface area contributed by atoms with E-state index < -0.39 is 11.9 Å². The fourth-order valence-electron chi connectivity index (χ4n) is 4.42. The molecule has 5 atom stereocenters. The van der Waals surface area contributed by atoms with Crippen molar-refractivity contribution in [2.45, 2.75) is 25.3 Å². The molecule has 3 rings (SSSR count). The lowest BCUT2D eigenvalue weighted by atomic mass is 9.82. The lowest BCUT2D eigenvalue weighted by Crippen LogP contribution is -2.47. The van der Waals surface area contributed by atoms with Gasteiger partial charge < -0.3 is 14.9 Å². The van der Waals surface area contributed by atoms with Crippen LogP contribution in [0.1, 0.15) is 19.3 Å². The molecule has 1 aliphatic heterocycles. The topological polar surface area (TPSA) is 60.9 Å². The molecule has 0 aromatic heterocycles. The molecule has 21 heavy (non-hydrogen) atoms. The summed E-state index contributed by atoms with van der Waals surface area (Å²) in [5.41, 5.74) is 0. The summed E-state index contributed by atoms with van der Waals surface area (Å²) < 4.78 is 0. The van der Waals surface area contributed by atoms with Crippen LogP contribution in [0.15, 0.2) is 12.2 Å². The minimum atomic E-state index is -0.812. The summed E-state index contributed by atoms with van der Waals surface area (Å²) >= 11 is 0. The largest absolute Gasteiger partial charge is 0.481 e. The molecule has 116 valence electrons. The van der Waals surface area contributed by atoms with E-state index in [2.05, 4.69) is 11.0 Å². The lowest BCUT2D eigenvalue weighted by Gasteiger charge is -2.33. The average Bonchev–Trinajstić information content (AvgIpc) is 3.10. The van der Waals surface area contributed by atoms with Gasteiger partial charge in [0.05, 0.1) is 11.8 Å². The number of likely N-dealkylation sites (N-methyl/N-ethyl adjacent to an activating group) is 1. The number of nitrogens with zero attached hydrogens (tertiary/aromatic N) is 2. The number of carbonyl (C=O) groups is 2. The highest BCUT2D eigenvalue weighted by molar-refractivity contribution is 5.87. The zero-order valence-corrected chi connectivity index (χ0v) is 12.7. The van der Waals surface area contributed by atoms with E-state index in [9.17, 15) is 14.7 Å². The van der Waals surface area contributed by atoms with E-state index >= 15 is 0 Å². The van der Waals surface area contributed by atoms with Gasteiger partial charge in [0.25, 0.3) is 0 Å². The van der Waals surface area contributed by atoms with Gasteiger partial charge in [-0.25, -0.2) is 0 Å². The Hall–Kier alpha value is -1.36. The van der Waals surface area contributed by atoms with E-state index in [1.807, 2.05) is 25.1 Å². The Bertz CT molecular complexity index is 474. The molecule has 2 bridgehead atoms. The van der Waals surface area contributed by atoms with Crippen LogP contribution in [-0.4, -0.2) is 60.0 Å². The van der Waals surface area contributed by atoms with Crippen LogP contribution >= 0.6 is 0 Å². The van der Waals surface area contributed by atoms with Crippen LogP contribution in [0.2, 0.25) is 0 Å². The zero-order valence-electron chi connectivity index (χ0n) is 12.7. The summed E-state index contributed by atoms with van der Waals surface area (Å²) in [6.07, 6.45) is 6.94. The van der Waals surface area contributed by atoms with E-state index in [-0.39, 0.29) is 29.7 Å². The summed E-state index contributed by atoms with van der Waals surface area (Å²) in [5, 5.41) is 9.50. The van der Waals surface area contributed by atoms with E-state index in [4.69, 9.17) is 0 Å². The highest BCUT2D eigenvalue weighted by atomic mass is 16.4. The second-order valence-corrected chi connectivity index (χ2v) is 6.93. The van der Waals surface area contributed by atoms with Crippen molar-refractivity contribution in [3.63, 3.8) is 0 Å². The van der Waals surface area contributed by atoms with Crippen molar-refractivity contribution >= 4 is 11.9 Å². The van der Waals surface area contributed by atoms with Crippen LogP contribution in [0.25, 0.3) is 0 Å². The Balaban J connectivity index is 1.78. The summed E-state index contributed by atoms with van der Waals surface area (Å²) in [5.74, 6) is -1.42.